The van der Waals surface area contributed by atoms with Gasteiger partial charge in [0, 0.05) is 12.2 Å². The molecule has 3 aromatic rings. The van der Waals surface area contributed by atoms with Crippen LogP contribution in [0.5, 0.6) is 5.75 Å². The molecule has 1 amide bonds. The molecule has 0 aliphatic carbocycles. The fraction of sp³-hybridized carbons (Fsp3) is 0.136. The first-order valence-corrected chi connectivity index (χ1v) is 8.63. The zero-order chi connectivity index (χ0) is 19.1. The van der Waals surface area contributed by atoms with Crippen LogP contribution in [0.3, 0.4) is 0 Å². The normalized spacial score (nSPS) is 11.5. The highest BCUT2D eigenvalue weighted by molar-refractivity contribution is 5.86. The van der Waals surface area contributed by atoms with Gasteiger partial charge in [-0.1, -0.05) is 42.5 Å². The number of rotatable bonds is 7. The van der Waals surface area contributed by atoms with E-state index in [1.165, 1.54) is 12.1 Å². The smallest absolute Gasteiger partial charge is 0.247 e. The van der Waals surface area contributed by atoms with Crippen molar-refractivity contribution in [2.24, 2.45) is 0 Å². The van der Waals surface area contributed by atoms with Crippen molar-refractivity contribution in [2.45, 2.75) is 12.6 Å². The lowest BCUT2D eigenvalue weighted by atomic mass is 10.1. The average Bonchev–Trinajstić information content (AvgIpc) is 2.72. The van der Waals surface area contributed by atoms with Crippen LogP contribution in [0.15, 0.2) is 78.9 Å². The Hall–Kier alpha value is -3.34. The predicted octanol–water partition coefficient (Wildman–Crippen LogP) is 4.30. The molecule has 0 fully saturated rings. The Bertz CT molecular complexity index is 865. The van der Waals surface area contributed by atoms with Crippen molar-refractivity contribution in [2.75, 3.05) is 12.4 Å². The van der Waals surface area contributed by atoms with Crippen molar-refractivity contribution < 1.29 is 13.9 Å². The van der Waals surface area contributed by atoms with Gasteiger partial charge in [0.25, 0.3) is 0 Å². The minimum absolute atomic E-state index is 0.193. The summed E-state index contributed by atoms with van der Waals surface area (Å²) in [7, 11) is 1.60. The largest absolute Gasteiger partial charge is 0.497 e. The van der Waals surface area contributed by atoms with E-state index in [-0.39, 0.29) is 11.7 Å². The van der Waals surface area contributed by atoms with E-state index < -0.39 is 6.04 Å². The standard InChI is InChI=1S/C22H21FN2O2/c1-27-20-13-11-19(12-14-20)25-21(17-7-9-18(23)10-8-17)22(26)24-15-16-5-3-2-4-6-16/h2-14,21,25H,15H2,1H3,(H,24,26). The Morgan fingerprint density at radius 3 is 2.26 bits per heavy atom. The molecule has 3 rings (SSSR count). The molecule has 3 aromatic carbocycles. The molecule has 0 heterocycles. The molecule has 0 saturated carbocycles. The highest BCUT2D eigenvalue weighted by atomic mass is 19.1. The number of halogens is 1. The number of anilines is 1. The number of hydrogen-bond acceptors (Lipinski definition) is 3. The first-order valence-electron chi connectivity index (χ1n) is 8.63. The molecule has 0 saturated heterocycles. The van der Waals surface area contributed by atoms with Gasteiger partial charge in [0.05, 0.1) is 7.11 Å². The molecular weight excluding hydrogens is 343 g/mol. The molecule has 0 aliphatic rings. The SMILES string of the molecule is COc1ccc(NC(C(=O)NCc2ccccc2)c2ccc(F)cc2)cc1. The molecule has 0 spiro atoms. The van der Waals surface area contributed by atoms with E-state index >= 15 is 0 Å². The minimum atomic E-state index is -0.650. The highest BCUT2D eigenvalue weighted by Crippen LogP contribution is 2.22. The summed E-state index contributed by atoms with van der Waals surface area (Å²) in [6.45, 7) is 0.418. The summed E-state index contributed by atoms with van der Waals surface area (Å²) >= 11 is 0. The second-order valence-corrected chi connectivity index (χ2v) is 6.06. The van der Waals surface area contributed by atoms with Crippen molar-refractivity contribution in [3.8, 4) is 5.75 Å². The lowest BCUT2D eigenvalue weighted by Gasteiger charge is -2.20. The Labute approximate surface area is 158 Å². The molecule has 2 N–H and O–H groups in total. The molecule has 0 radical (unpaired) electrons. The third kappa shape index (κ3) is 5.07. The van der Waals surface area contributed by atoms with Gasteiger partial charge in [-0.15, -0.1) is 0 Å². The molecule has 0 aromatic heterocycles. The molecular formula is C22H21FN2O2. The van der Waals surface area contributed by atoms with Crippen molar-refractivity contribution in [3.05, 3.63) is 95.8 Å². The highest BCUT2D eigenvalue weighted by Gasteiger charge is 2.20. The van der Waals surface area contributed by atoms with Crippen LogP contribution >= 0.6 is 0 Å². The number of ether oxygens (including phenoxy) is 1. The zero-order valence-corrected chi connectivity index (χ0v) is 15.0. The van der Waals surface area contributed by atoms with Gasteiger partial charge < -0.3 is 15.4 Å². The molecule has 27 heavy (non-hydrogen) atoms. The molecule has 0 bridgehead atoms. The number of hydrogen-bond donors (Lipinski definition) is 2. The summed E-state index contributed by atoms with van der Waals surface area (Å²) < 4.78 is 18.5. The van der Waals surface area contributed by atoms with Crippen LogP contribution in [-0.4, -0.2) is 13.0 Å². The summed E-state index contributed by atoms with van der Waals surface area (Å²) in [5.41, 5.74) is 2.45. The van der Waals surface area contributed by atoms with Crippen molar-refractivity contribution in [1.29, 1.82) is 0 Å². The first-order chi connectivity index (χ1) is 13.2. The van der Waals surface area contributed by atoms with E-state index in [0.717, 1.165) is 17.0 Å². The number of benzene rings is 3. The van der Waals surface area contributed by atoms with Gasteiger partial charge in [-0.2, -0.15) is 0 Å². The van der Waals surface area contributed by atoms with E-state index in [1.54, 1.807) is 19.2 Å². The quantitative estimate of drug-likeness (QED) is 0.657. The van der Waals surface area contributed by atoms with E-state index in [9.17, 15) is 9.18 Å². The predicted molar refractivity (Wildman–Crippen MR) is 104 cm³/mol. The Morgan fingerprint density at radius 2 is 1.63 bits per heavy atom. The number of carbonyl (C=O) groups excluding carboxylic acids is 1. The Balaban J connectivity index is 1.77. The lowest BCUT2D eigenvalue weighted by Crippen LogP contribution is -2.33. The topological polar surface area (TPSA) is 50.4 Å². The fourth-order valence-corrected chi connectivity index (χ4v) is 2.70. The lowest BCUT2D eigenvalue weighted by molar-refractivity contribution is -0.122. The summed E-state index contributed by atoms with van der Waals surface area (Å²) in [6, 6.07) is 22.2. The second-order valence-electron chi connectivity index (χ2n) is 6.06. The van der Waals surface area contributed by atoms with Crippen LogP contribution in [0.4, 0.5) is 10.1 Å². The van der Waals surface area contributed by atoms with Gasteiger partial charge in [0.15, 0.2) is 0 Å². The van der Waals surface area contributed by atoms with Crippen LogP contribution in [0.2, 0.25) is 0 Å². The maximum Gasteiger partial charge on any atom is 0.247 e. The Morgan fingerprint density at radius 1 is 0.963 bits per heavy atom. The summed E-state index contributed by atoms with van der Waals surface area (Å²) in [5, 5.41) is 6.15. The number of carbonyl (C=O) groups is 1. The number of methoxy groups -OCH3 is 1. The maximum absolute atomic E-state index is 13.3. The third-order valence-corrected chi connectivity index (χ3v) is 4.18. The van der Waals surface area contributed by atoms with Crippen LogP contribution in [0.1, 0.15) is 17.2 Å². The molecule has 5 heteroatoms. The van der Waals surface area contributed by atoms with Gasteiger partial charge in [0.2, 0.25) is 5.91 Å². The van der Waals surface area contributed by atoms with Crippen LogP contribution in [0.25, 0.3) is 0 Å². The maximum atomic E-state index is 13.3. The minimum Gasteiger partial charge on any atom is -0.497 e. The van der Waals surface area contributed by atoms with Crippen molar-refractivity contribution in [1.82, 2.24) is 5.32 Å². The first kappa shape index (κ1) is 18.5. The number of amides is 1. The van der Waals surface area contributed by atoms with Gasteiger partial charge in [-0.25, -0.2) is 4.39 Å². The molecule has 4 nitrogen and oxygen atoms in total. The number of nitrogens with one attached hydrogen (secondary N) is 2. The average molecular weight is 364 g/mol. The van der Waals surface area contributed by atoms with Crippen molar-refractivity contribution >= 4 is 11.6 Å². The van der Waals surface area contributed by atoms with Crippen LogP contribution < -0.4 is 15.4 Å². The van der Waals surface area contributed by atoms with Gasteiger partial charge in [-0.3, -0.25) is 4.79 Å². The van der Waals surface area contributed by atoms with E-state index in [0.29, 0.717) is 12.1 Å². The van der Waals surface area contributed by atoms with E-state index in [1.807, 2.05) is 54.6 Å². The van der Waals surface area contributed by atoms with Gasteiger partial charge >= 0.3 is 0 Å². The molecule has 1 unspecified atom stereocenters. The monoisotopic (exact) mass is 364 g/mol. The third-order valence-electron chi connectivity index (χ3n) is 4.18. The van der Waals surface area contributed by atoms with Crippen LogP contribution in [0, 0.1) is 5.82 Å². The molecule has 0 aliphatic heterocycles. The van der Waals surface area contributed by atoms with Crippen LogP contribution in [-0.2, 0) is 11.3 Å². The second kappa shape index (κ2) is 8.85. The fourth-order valence-electron chi connectivity index (χ4n) is 2.70. The van der Waals surface area contributed by atoms with E-state index in [4.69, 9.17) is 4.74 Å². The summed E-state index contributed by atoms with van der Waals surface area (Å²) in [5.74, 6) is 0.195. The zero-order valence-electron chi connectivity index (χ0n) is 15.0. The van der Waals surface area contributed by atoms with Crippen molar-refractivity contribution in [3.63, 3.8) is 0 Å². The summed E-state index contributed by atoms with van der Waals surface area (Å²) in [6.07, 6.45) is 0. The molecule has 138 valence electrons. The Kier molecular flexibility index (Phi) is 6.05. The van der Waals surface area contributed by atoms with Gasteiger partial charge in [-0.05, 0) is 47.5 Å². The van der Waals surface area contributed by atoms with Gasteiger partial charge in [0.1, 0.15) is 17.6 Å². The molecule has 1 atom stereocenters. The van der Waals surface area contributed by atoms with E-state index in [2.05, 4.69) is 10.6 Å². The summed E-state index contributed by atoms with van der Waals surface area (Å²) in [4.78, 5) is 12.8.